The van der Waals surface area contributed by atoms with Crippen molar-refractivity contribution in [3.8, 4) is 29.1 Å². The average molecular weight is 670 g/mol. The minimum absolute atomic E-state index is 0.0519. The Bertz CT molecular complexity index is 2100. The van der Waals surface area contributed by atoms with Crippen LogP contribution in [0.15, 0.2) is 88.7 Å². The quantitative estimate of drug-likeness (QED) is 0.122. The number of nitrogens with zero attached hydrogens (tertiary/aromatic N) is 1. The zero-order valence-electron chi connectivity index (χ0n) is 25.9. The van der Waals surface area contributed by atoms with Crippen molar-refractivity contribution >= 4 is 40.1 Å². The van der Waals surface area contributed by atoms with Crippen LogP contribution in [-0.4, -0.2) is 12.6 Å². The Balaban J connectivity index is 1.29. The molecule has 6 rings (SSSR count). The molecule has 0 aliphatic carbocycles. The summed E-state index contributed by atoms with van der Waals surface area (Å²) in [5.41, 5.74) is 11.1. The van der Waals surface area contributed by atoms with Crippen LogP contribution in [0.2, 0.25) is 10.0 Å². The number of fused-ring (bicyclic) bond motifs is 2. The van der Waals surface area contributed by atoms with Crippen LogP contribution in [0.4, 0.5) is 0 Å². The van der Waals surface area contributed by atoms with E-state index in [0.717, 1.165) is 28.5 Å². The Morgan fingerprint density at radius 1 is 0.979 bits per heavy atom. The van der Waals surface area contributed by atoms with E-state index in [1.807, 2.05) is 44.2 Å². The first kappa shape index (κ1) is 31.9. The lowest BCUT2D eigenvalue weighted by Gasteiger charge is -2.27. The van der Waals surface area contributed by atoms with Gasteiger partial charge >= 0.3 is 5.97 Å². The molecular formula is C37H30Cl2N2O6. The maximum Gasteiger partial charge on any atom is 0.379 e. The van der Waals surface area contributed by atoms with Crippen molar-refractivity contribution in [1.29, 1.82) is 5.26 Å². The Kier molecular flexibility index (Phi) is 9.04. The van der Waals surface area contributed by atoms with Crippen LogP contribution in [0.5, 0.6) is 23.0 Å². The monoisotopic (exact) mass is 668 g/mol. The van der Waals surface area contributed by atoms with Crippen LogP contribution in [-0.2, 0) is 13.0 Å². The molecule has 8 nitrogen and oxygen atoms in total. The second-order valence-corrected chi connectivity index (χ2v) is 11.8. The molecule has 1 aliphatic rings. The van der Waals surface area contributed by atoms with Crippen LogP contribution >= 0.6 is 23.2 Å². The molecule has 1 atom stereocenters. The van der Waals surface area contributed by atoms with E-state index >= 15 is 0 Å². The van der Waals surface area contributed by atoms with Crippen molar-refractivity contribution in [1.82, 2.24) is 0 Å². The highest BCUT2D eigenvalue weighted by atomic mass is 35.5. The highest BCUT2D eigenvalue weighted by Crippen LogP contribution is 2.45. The molecule has 1 unspecified atom stereocenters. The summed E-state index contributed by atoms with van der Waals surface area (Å²) in [6.45, 7) is 6.34. The summed E-state index contributed by atoms with van der Waals surface area (Å²) in [5.74, 6) is 0.412. The van der Waals surface area contributed by atoms with Gasteiger partial charge in [-0.15, -0.1) is 0 Å². The standard InChI is InChI=1S/C37H30Cl2N2O6/c1-4-21-6-12-30-27(14-21)20(3)35(46-30)37(42)45-25-10-11-26-32(17-25)47-36(41)28(18-40)34(26)22-8-13-31(33(15-22)43-5-2)44-19-23-7-9-24(38)16-29(23)39/h6-17,34H,4-5,19,41H2,1-3H3. The van der Waals surface area contributed by atoms with Gasteiger partial charge in [0.15, 0.2) is 11.5 Å². The van der Waals surface area contributed by atoms with Gasteiger partial charge in [0.25, 0.3) is 0 Å². The zero-order chi connectivity index (χ0) is 33.2. The van der Waals surface area contributed by atoms with E-state index in [-0.39, 0.29) is 29.6 Å². The van der Waals surface area contributed by atoms with Crippen molar-refractivity contribution in [2.24, 2.45) is 5.73 Å². The number of hydrogen-bond acceptors (Lipinski definition) is 8. The Morgan fingerprint density at radius 3 is 2.55 bits per heavy atom. The van der Waals surface area contributed by atoms with E-state index in [4.69, 9.17) is 52.3 Å². The average Bonchev–Trinajstić information content (AvgIpc) is 3.39. The molecule has 10 heteroatoms. The molecule has 0 bridgehead atoms. The van der Waals surface area contributed by atoms with Gasteiger partial charge in [0, 0.05) is 38.2 Å². The minimum Gasteiger partial charge on any atom is -0.490 e. The van der Waals surface area contributed by atoms with Crippen LogP contribution in [0, 0.1) is 18.3 Å². The molecule has 1 aliphatic heterocycles. The van der Waals surface area contributed by atoms with E-state index in [9.17, 15) is 10.1 Å². The van der Waals surface area contributed by atoms with Crippen LogP contribution in [0.25, 0.3) is 11.0 Å². The first-order valence-corrected chi connectivity index (χ1v) is 15.8. The van der Waals surface area contributed by atoms with Crippen molar-refractivity contribution in [2.75, 3.05) is 6.61 Å². The number of furan rings is 1. The summed E-state index contributed by atoms with van der Waals surface area (Å²) in [6, 6.07) is 23.7. The molecule has 2 heterocycles. The molecule has 0 saturated heterocycles. The summed E-state index contributed by atoms with van der Waals surface area (Å²) >= 11 is 12.4. The molecule has 238 valence electrons. The fraction of sp³-hybridized carbons (Fsp3) is 0.189. The maximum absolute atomic E-state index is 13.2. The third-order valence-corrected chi connectivity index (χ3v) is 8.58. The van der Waals surface area contributed by atoms with E-state index in [1.165, 1.54) is 0 Å². The van der Waals surface area contributed by atoms with Gasteiger partial charge in [-0.2, -0.15) is 5.26 Å². The fourth-order valence-corrected chi connectivity index (χ4v) is 6.03. The first-order chi connectivity index (χ1) is 22.7. The topological polar surface area (TPSA) is 117 Å². The van der Waals surface area contributed by atoms with Gasteiger partial charge in [-0.3, -0.25) is 0 Å². The summed E-state index contributed by atoms with van der Waals surface area (Å²) in [6.07, 6.45) is 0.867. The number of nitrogens with two attached hydrogens (primary N) is 1. The molecule has 47 heavy (non-hydrogen) atoms. The molecule has 0 radical (unpaired) electrons. The molecular weight excluding hydrogens is 639 g/mol. The smallest absolute Gasteiger partial charge is 0.379 e. The summed E-state index contributed by atoms with van der Waals surface area (Å²) in [4.78, 5) is 13.2. The number of rotatable bonds is 9. The van der Waals surface area contributed by atoms with Gasteiger partial charge in [0.05, 0.1) is 12.5 Å². The fourth-order valence-electron chi connectivity index (χ4n) is 5.56. The van der Waals surface area contributed by atoms with E-state index < -0.39 is 11.9 Å². The molecule has 0 fully saturated rings. The maximum atomic E-state index is 13.2. The number of nitriles is 1. The normalized spacial score (nSPS) is 13.9. The lowest BCUT2D eigenvalue weighted by atomic mass is 9.83. The number of esters is 1. The third kappa shape index (κ3) is 6.33. The predicted molar refractivity (Wildman–Crippen MR) is 179 cm³/mol. The van der Waals surface area contributed by atoms with E-state index in [0.29, 0.717) is 50.6 Å². The van der Waals surface area contributed by atoms with Gasteiger partial charge in [-0.05, 0) is 73.9 Å². The van der Waals surface area contributed by atoms with E-state index in [1.54, 1.807) is 42.5 Å². The number of carbonyl (C=O) groups excluding carboxylic acids is 1. The van der Waals surface area contributed by atoms with Crippen molar-refractivity contribution in [3.05, 3.63) is 128 Å². The minimum atomic E-state index is -0.637. The summed E-state index contributed by atoms with van der Waals surface area (Å²) < 4.78 is 29.4. The lowest BCUT2D eigenvalue weighted by molar-refractivity contribution is 0.0702. The highest BCUT2D eigenvalue weighted by Gasteiger charge is 2.32. The van der Waals surface area contributed by atoms with Crippen molar-refractivity contribution in [2.45, 2.75) is 39.7 Å². The van der Waals surface area contributed by atoms with Gasteiger partial charge in [0.2, 0.25) is 11.6 Å². The van der Waals surface area contributed by atoms with Crippen LogP contribution in [0.3, 0.4) is 0 Å². The largest absolute Gasteiger partial charge is 0.490 e. The molecule has 5 aromatic rings. The SMILES string of the molecule is CCOc1cc(C2C(C#N)=C(N)Oc3cc(OC(=O)c4oc5ccc(CC)cc5c4C)ccc32)ccc1OCc1ccc(Cl)cc1Cl. The zero-order valence-corrected chi connectivity index (χ0v) is 27.4. The first-order valence-electron chi connectivity index (χ1n) is 15.0. The van der Waals surface area contributed by atoms with Crippen LogP contribution in [0.1, 0.15) is 58.1 Å². The number of hydrogen-bond donors (Lipinski definition) is 1. The third-order valence-electron chi connectivity index (χ3n) is 7.99. The Morgan fingerprint density at radius 2 is 1.81 bits per heavy atom. The molecule has 4 aromatic carbocycles. The predicted octanol–water partition coefficient (Wildman–Crippen LogP) is 9.03. The molecule has 0 spiro atoms. The van der Waals surface area contributed by atoms with Gasteiger partial charge in [-0.1, -0.05) is 54.4 Å². The number of allylic oxidation sites excluding steroid dienone is 1. The number of halogens is 2. The van der Waals surface area contributed by atoms with Crippen molar-refractivity contribution < 1.29 is 28.2 Å². The number of aryl methyl sites for hydroxylation is 2. The second kappa shape index (κ2) is 13.3. The van der Waals surface area contributed by atoms with E-state index in [2.05, 4.69) is 13.0 Å². The van der Waals surface area contributed by atoms with Crippen LogP contribution < -0.4 is 24.7 Å². The number of ether oxygens (including phenoxy) is 4. The Labute approximate surface area is 281 Å². The second-order valence-electron chi connectivity index (χ2n) is 10.9. The van der Waals surface area contributed by atoms with Gasteiger partial charge in [-0.25, -0.2) is 4.79 Å². The lowest BCUT2D eigenvalue weighted by Crippen LogP contribution is -2.21. The number of carbonyl (C=O) groups is 1. The molecule has 1 aromatic heterocycles. The molecule has 0 saturated carbocycles. The van der Waals surface area contributed by atoms with Crippen molar-refractivity contribution in [3.63, 3.8) is 0 Å². The highest BCUT2D eigenvalue weighted by molar-refractivity contribution is 6.35. The number of benzene rings is 4. The Hall–Kier alpha value is -5.10. The van der Waals surface area contributed by atoms with Gasteiger partial charge < -0.3 is 29.1 Å². The van der Waals surface area contributed by atoms with Gasteiger partial charge in [0.1, 0.15) is 35.3 Å². The molecule has 2 N–H and O–H groups in total. The summed E-state index contributed by atoms with van der Waals surface area (Å²) in [7, 11) is 0. The summed E-state index contributed by atoms with van der Waals surface area (Å²) in [5, 5.41) is 12.0. The molecule has 0 amide bonds.